The maximum atomic E-state index is 13.9. The van der Waals surface area contributed by atoms with Crippen LogP contribution in [0.25, 0.3) is 0 Å². The predicted molar refractivity (Wildman–Crippen MR) is 102 cm³/mol. The zero-order valence-electron chi connectivity index (χ0n) is 15.0. The Bertz CT molecular complexity index is 951. The number of benzene rings is 2. The summed E-state index contributed by atoms with van der Waals surface area (Å²) in [6.45, 7) is -0.0793. The Kier molecular flexibility index (Phi) is 6.22. The van der Waals surface area contributed by atoms with Gasteiger partial charge in [0.15, 0.2) is 11.6 Å². The molecular weight excluding hydrogens is 409 g/mol. The number of esters is 1. The SMILES string of the molecule is COC(=O)C1CC(Oc2ccccc2F)CN1S(=O)(=O)Cc1ccc(Cl)cc1. The zero-order valence-corrected chi connectivity index (χ0v) is 16.6. The van der Waals surface area contributed by atoms with Crippen LogP contribution >= 0.6 is 11.6 Å². The van der Waals surface area contributed by atoms with E-state index in [-0.39, 0.29) is 24.5 Å². The summed E-state index contributed by atoms with van der Waals surface area (Å²) in [5, 5.41) is 0.494. The number of sulfonamides is 1. The van der Waals surface area contributed by atoms with Crippen LogP contribution in [-0.4, -0.2) is 44.5 Å². The minimum atomic E-state index is -3.85. The third-order valence-corrected chi connectivity index (χ3v) is 6.51. The van der Waals surface area contributed by atoms with E-state index in [1.165, 1.54) is 25.3 Å². The van der Waals surface area contributed by atoms with Gasteiger partial charge in [-0.1, -0.05) is 35.9 Å². The van der Waals surface area contributed by atoms with Gasteiger partial charge in [0.05, 0.1) is 19.4 Å². The molecule has 0 spiro atoms. The number of hydrogen-bond donors (Lipinski definition) is 0. The highest BCUT2D eigenvalue weighted by Crippen LogP contribution is 2.29. The van der Waals surface area contributed by atoms with E-state index < -0.39 is 34.0 Å². The van der Waals surface area contributed by atoms with E-state index in [0.717, 1.165) is 4.31 Å². The molecule has 1 aliphatic rings. The number of para-hydroxylation sites is 1. The molecule has 28 heavy (non-hydrogen) atoms. The van der Waals surface area contributed by atoms with Crippen molar-refractivity contribution in [3.05, 3.63) is 64.9 Å². The molecule has 0 bridgehead atoms. The molecule has 0 radical (unpaired) electrons. The van der Waals surface area contributed by atoms with Gasteiger partial charge in [0.25, 0.3) is 0 Å². The Hall–Kier alpha value is -2.16. The Morgan fingerprint density at radius 3 is 2.54 bits per heavy atom. The molecule has 0 amide bonds. The predicted octanol–water partition coefficient (Wildman–Crippen LogP) is 3.00. The van der Waals surface area contributed by atoms with Crippen molar-refractivity contribution in [3.63, 3.8) is 0 Å². The largest absolute Gasteiger partial charge is 0.486 e. The van der Waals surface area contributed by atoms with Crippen molar-refractivity contribution in [3.8, 4) is 5.75 Å². The van der Waals surface area contributed by atoms with Crippen molar-refractivity contribution < 1.29 is 27.1 Å². The fourth-order valence-electron chi connectivity index (χ4n) is 3.11. The van der Waals surface area contributed by atoms with Crippen LogP contribution in [0.2, 0.25) is 5.02 Å². The Balaban J connectivity index is 1.81. The van der Waals surface area contributed by atoms with Gasteiger partial charge in [-0.2, -0.15) is 4.31 Å². The standard InChI is InChI=1S/C19H19ClFNO5S/c1-26-19(23)17-10-15(27-18-5-3-2-4-16(18)21)11-22(17)28(24,25)12-13-6-8-14(20)9-7-13/h2-9,15,17H,10-12H2,1H3. The number of ether oxygens (including phenoxy) is 2. The number of carbonyl (C=O) groups is 1. The number of methoxy groups -OCH3 is 1. The summed E-state index contributed by atoms with van der Waals surface area (Å²) in [7, 11) is -2.66. The molecule has 1 fully saturated rings. The molecule has 0 saturated carbocycles. The zero-order chi connectivity index (χ0) is 20.3. The van der Waals surface area contributed by atoms with Crippen molar-refractivity contribution in [2.75, 3.05) is 13.7 Å². The minimum absolute atomic E-state index is 0.00747. The highest BCUT2D eigenvalue weighted by atomic mass is 35.5. The first-order valence-electron chi connectivity index (χ1n) is 8.53. The second-order valence-electron chi connectivity index (χ2n) is 6.40. The van der Waals surface area contributed by atoms with Crippen molar-refractivity contribution in [2.45, 2.75) is 24.3 Å². The smallest absolute Gasteiger partial charge is 0.324 e. The summed E-state index contributed by atoms with van der Waals surface area (Å²) < 4.78 is 51.2. The maximum Gasteiger partial charge on any atom is 0.324 e. The summed E-state index contributed by atoms with van der Waals surface area (Å²) >= 11 is 5.83. The van der Waals surface area contributed by atoms with Crippen LogP contribution in [0, 0.1) is 5.82 Å². The van der Waals surface area contributed by atoms with Crippen LogP contribution in [0.15, 0.2) is 48.5 Å². The summed E-state index contributed by atoms with van der Waals surface area (Å²) in [5.74, 6) is -1.53. The van der Waals surface area contributed by atoms with Crippen LogP contribution in [0.4, 0.5) is 4.39 Å². The first-order valence-corrected chi connectivity index (χ1v) is 10.5. The van der Waals surface area contributed by atoms with Gasteiger partial charge in [0.1, 0.15) is 12.1 Å². The molecule has 1 saturated heterocycles. The molecule has 150 valence electrons. The van der Waals surface area contributed by atoms with Gasteiger partial charge in [-0.05, 0) is 29.8 Å². The molecule has 2 aromatic carbocycles. The molecule has 9 heteroatoms. The van der Waals surface area contributed by atoms with Crippen molar-refractivity contribution in [1.29, 1.82) is 0 Å². The number of hydrogen-bond acceptors (Lipinski definition) is 5. The number of rotatable bonds is 6. The van der Waals surface area contributed by atoms with Crippen LogP contribution in [-0.2, 0) is 25.3 Å². The van der Waals surface area contributed by atoms with E-state index in [0.29, 0.717) is 10.6 Å². The van der Waals surface area contributed by atoms with Gasteiger partial charge in [-0.15, -0.1) is 0 Å². The number of carbonyl (C=O) groups excluding carboxylic acids is 1. The fraction of sp³-hybridized carbons (Fsp3) is 0.316. The molecule has 0 N–H and O–H groups in total. The summed E-state index contributed by atoms with van der Waals surface area (Å²) in [6.07, 6.45) is -0.609. The molecule has 2 atom stereocenters. The highest BCUT2D eigenvalue weighted by molar-refractivity contribution is 7.88. The Labute approximate surface area is 167 Å². The lowest BCUT2D eigenvalue weighted by molar-refractivity contribution is -0.144. The van der Waals surface area contributed by atoms with Crippen molar-refractivity contribution in [2.24, 2.45) is 0 Å². The molecule has 1 aliphatic heterocycles. The third-order valence-electron chi connectivity index (χ3n) is 4.44. The Morgan fingerprint density at radius 2 is 1.89 bits per heavy atom. The van der Waals surface area contributed by atoms with Gasteiger partial charge >= 0.3 is 5.97 Å². The van der Waals surface area contributed by atoms with Crippen molar-refractivity contribution >= 4 is 27.6 Å². The average molecular weight is 428 g/mol. The first kappa shape index (κ1) is 20.6. The second-order valence-corrected chi connectivity index (χ2v) is 8.76. The minimum Gasteiger partial charge on any atom is -0.486 e. The molecular formula is C19H19ClFNO5S. The maximum absolute atomic E-state index is 13.9. The molecule has 1 heterocycles. The summed E-state index contributed by atoms with van der Waals surface area (Å²) in [5.41, 5.74) is 0.534. The highest BCUT2D eigenvalue weighted by Gasteiger charge is 2.45. The van der Waals surface area contributed by atoms with E-state index >= 15 is 0 Å². The van der Waals surface area contributed by atoms with Gasteiger partial charge in [0.2, 0.25) is 10.0 Å². The van der Waals surface area contributed by atoms with Crippen LogP contribution in [0.5, 0.6) is 5.75 Å². The van der Waals surface area contributed by atoms with Crippen LogP contribution in [0.3, 0.4) is 0 Å². The normalized spacial score (nSPS) is 20.1. The van der Waals surface area contributed by atoms with Crippen LogP contribution < -0.4 is 4.74 Å². The lowest BCUT2D eigenvalue weighted by Gasteiger charge is -2.21. The number of halogens is 2. The molecule has 0 aliphatic carbocycles. The quantitative estimate of drug-likeness (QED) is 0.662. The van der Waals surface area contributed by atoms with Gasteiger partial charge in [-0.3, -0.25) is 4.79 Å². The summed E-state index contributed by atoms with van der Waals surface area (Å²) in [4.78, 5) is 12.2. The summed E-state index contributed by atoms with van der Waals surface area (Å²) in [6, 6.07) is 11.2. The molecule has 3 rings (SSSR count). The van der Waals surface area contributed by atoms with E-state index in [1.807, 2.05) is 0 Å². The first-order chi connectivity index (χ1) is 13.3. The lowest BCUT2D eigenvalue weighted by Crippen LogP contribution is -2.41. The molecule has 0 aromatic heterocycles. The van der Waals surface area contributed by atoms with Gasteiger partial charge in [-0.25, -0.2) is 12.8 Å². The third kappa shape index (κ3) is 4.63. The van der Waals surface area contributed by atoms with Crippen LogP contribution in [0.1, 0.15) is 12.0 Å². The van der Waals surface area contributed by atoms with E-state index in [2.05, 4.69) is 0 Å². The van der Waals surface area contributed by atoms with Gasteiger partial charge in [0, 0.05) is 11.4 Å². The molecule has 2 aromatic rings. The topological polar surface area (TPSA) is 72.9 Å². The van der Waals surface area contributed by atoms with Crippen molar-refractivity contribution in [1.82, 2.24) is 4.31 Å². The van der Waals surface area contributed by atoms with E-state index in [9.17, 15) is 17.6 Å². The van der Waals surface area contributed by atoms with Gasteiger partial charge < -0.3 is 9.47 Å². The monoisotopic (exact) mass is 427 g/mol. The second kappa shape index (κ2) is 8.46. The number of nitrogens with zero attached hydrogens (tertiary/aromatic N) is 1. The molecule has 2 unspecified atom stereocenters. The average Bonchev–Trinajstić information content (AvgIpc) is 3.10. The Morgan fingerprint density at radius 1 is 1.21 bits per heavy atom. The molecule has 6 nitrogen and oxygen atoms in total. The lowest BCUT2D eigenvalue weighted by atomic mass is 10.2. The van der Waals surface area contributed by atoms with E-state index in [4.69, 9.17) is 21.1 Å². The fourth-order valence-corrected chi connectivity index (χ4v) is 4.96. The van der Waals surface area contributed by atoms with E-state index in [1.54, 1.807) is 30.3 Å².